The van der Waals surface area contributed by atoms with Crippen LogP contribution in [0.1, 0.15) is 46.7 Å². The first-order chi connectivity index (χ1) is 14.0. The molecule has 0 aromatic heterocycles. The van der Waals surface area contributed by atoms with Crippen molar-refractivity contribution in [2.24, 2.45) is 5.92 Å². The van der Waals surface area contributed by atoms with Gasteiger partial charge in [0.25, 0.3) is 0 Å². The van der Waals surface area contributed by atoms with E-state index in [-0.39, 0.29) is 29.3 Å². The van der Waals surface area contributed by atoms with E-state index >= 15 is 0 Å². The van der Waals surface area contributed by atoms with Gasteiger partial charge in [0.2, 0.25) is 0 Å². The summed E-state index contributed by atoms with van der Waals surface area (Å²) >= 11 is 3.50. The number of phenols is 1. The molecule has 3 heteroatoms. The maximum Gasteiger partial charge on any atom is 0.171 e. The molecule has 2 nitrogen and oxygen atoms in total. The Labute approximate surface area is 180 Å². The Kier molecular flexibility index (Phi) is 5.68. The second kappa shape index (κ2) is 8.38. The van der Waals surface area contributed by atoms with Crippen LogP contribution in [0.2, 0.25) is 0 Å². The minimum Gasteiger partial charge on any atom is -0.507 e. The molecule has 1 aliphatic rings. The third kappa shape index (κ3) is 4.06. The molecule has 1 aliphatic carbocycles. The van der Waals surface area contributed by atoms with Crippen LogP contribution in [0.15, 0.2) is 95.0 Å². The van der Waals surface area contributed by atoms with Crippen LogP contribution < -0.4 is 0 Å². The molecular weight excluding hydrogens is 424 g/mol. The summed E-state index contributed by atoms with van der Waals surface area (Å²) in [5, 5.41) is 10.4. The standard InChI is InChI=1S/C26H23BrO2/c1-17-15-22(18-7-3-2-4-8-18)25(26(29)21-9-5-6-10-24(21)28)23(16-17)19-11-13-20(27)14-12-19/h2-14,16,22-23,25,28H,15H2,1H3/t22-,23-,25?/m0/s1. The predicted octanol–water partition coefficient (Wildman–Crippen LogP) is 6.87. The topological polar surface area (TPSA) is 37.3 Å². The number of carbonyl (C=O) groups excluding carboxylic acids is 1. The van der Waals surface area contributed by atoms with Gasteiger partial charge in [0.15, 0.2) is 5.78 Å². The van der Waals surface area contributed by atoms with Gasteiger partial charge >= 0.3 is 0 Å². The largest absolute Gasteiger partial charge is 0.507 e. The van der Waals surface area contributed by atoms with E-state index in [1.807, 2.05) is 36.4 Å². The lowest BCUT2D eigenvalue weighted by atomic mass is 9.66. The molecule has 29 heavy (non-hydrogen) atoms. The number of benzene rings is 3. The Morgan fingerprint density at radius 3 is 2.24 bits per heavy atom. The minimum atomic E-state index is -0.282. The normalized spacial score (nSPS) is 21.4. The molecule has 0 fully saturated rings. The fraction of sp³-hybridized carbons (Fsp3) is 0.192. The first kappa shape index (κ1) is 19.7. The molecule has 0 heterocycles. The number of phenolic OH excluding ortho intramolecular Hbond substituents is 1. The van der Waals surface area contributed by atoms with Gasteiger partial charge in [-0.1, -0.05) is 82.2 Å². The van der Waals surface area contributed by atoms with Gasteiger partial charge in [-0.2, -0.15) is 0 Å². The SMILES string of the molecule is CC1=C[C@@H](c2ccc(Br)cc2)C(C(=O)c2ccccc2O)[C@H](c2ccccc2)C1. The summed E-state index contributed by atoms with van der Waals surface area (Å²) in [6.07, 6.45) is 3.06. The van der Waals surface area contributed by atoms with Crippen molar-refractivity contribution >= 4 is 21.7 Å². The van der Waals surface area contributed by atoms with Crippen molar-refractivity contribution in [2.45, 2.75) is 25.2 Å². The number of hydrogen-bond acceptors (Lipinski definition) is 2. The van der Waals surface area contributed by atoms with Crippen LogP contribution in [0.3, 0.4) is 0 Å². The third-order valence-electron chi connectivity index (χ3n) is 5.78. The molecule has 4 rings (SSSR count). The van der Waals surface area contributed by atoms with Crippen molar-refractivity contribution in [3.63, 3.8) is 0 Å². The first-order valence-electron chi connectivity index (χ1n) is 9.84. The van der Waals surface area contributed by atoms with Gasteiger partial charge < -0.3 is 5.11 Å². The van der Waals surface area contributed by atoms with E-state index < -0.39 is 0 Å². The molecular formula is C26H23BrO2. The monoisotopic (exact) mass is 446 g/mol. The zero-order valence-corrected chi connectivity index (χ0v) is 17.8. The number of halogens is 1. The van der Waals surface area contributed by atoms with Crippen LogP contribution in [-0.2, 0) is 0 Å². The summed E-state index contributed by atoms with van der Waals surface area (Å²) in [6.45, 7) is 2.14. The summed E-state index contributed by atoms with van der Waals surface area (Å²) in [7, 11) is 0. The van der Waals surface area contributed by atoms with Gasteiger partial charge in [0.1, 0.15) is 5.75 Å². The van der Waals surface area contributed by atoms with E-state index in [0.29, 0.717) is 5.56 Å². The molecule has 1 unspecified atom stereocenters. The van der Waals surface area contributed by atoms with Crippen molar-refractivity contribution in [1.82, 2.24) is 0 Å². The summed E-state index contributed by atoms with van der Waals surface area (Å²) in [6, 6.07) is 25.3. The number of carbonyl (C=O) groups is 1. The number of aromatic hydroxyl groups is 1. The van der Waals surface area contributed by atoms with Crippen molar-refractivity contribution in [2.75, 3.05) is 0 Å². The van der Waals surface area contributed by atoms with Gasteiger partial charge in [-0.05, 0) is 54.7 Å². The Balaban J connectivity index is 1.85. The van der Waals surface area contributed by atoms with E-state index in [1.165, 1.54) is 5.57 Å². The van der Waals surface area contributed by atoms with Gasteiger partial charge in [0.05, 0.1) is 5.56 Å². The highest BCUT2D eigenvalue weighted by molar-refractivity contribution is 9.10. The molecule has 1 N–H and O–H groups in total. The highest BCUT2D eigenvalue weighted by atomic mass is 79.9. The van der Waals surface area contributed by atoms with Crippen LogP contribution in [0, 0.1) is 5.92 Å². The van der Waals surface area contributed by atoms with Crippen LogP contribution in [0.5, 0.6) is 5.75 Å². The van der Waals surface area contributed by atoms with Crippen LogP contribution in [-0.4, -0.2) is 10.9 Å². The number of rotatable bonds is 4. The maximum absolute atomic E-state index is 13.8. The quantitative estimate of drug-likeness (QED) is 0.350. The summed E-state index contributed by atoms with van der Waals surface area (Å²) in [5.74, 6) is -0.231. The van der Waals surface area contributed by atoms with E-state index in [1.54, 1.807) is 18.2 Å². The molecule has 0 aliphatic heterocycles. The second-order valence-electron chi connectivity index (χ2n) is 7.72. The molecule has 3 aromatic rings. The molecule has 0 bridgehead atoms. The van der Waals surface area contributed by atoms with E-state index in [4.69, 9.17) is 0 Å². The molecule has 0 saturated heterocycles. The third-order valence-corrected chi connectivity index (χ3v) is 6.31. The highest BCUT2D eigenvalue weighted by Gasteiger charge is 2.40. The lowest BCUT2D eigenvalue weighted by Crippen LogP contribution is -2.31. The summed E-state index contributed by atoms with van der Waals surface area (Å²) < 4.78 is 1.01. The first-order valence-corrected chi connectivity index (χ1v) is 10.6. The Hall–Kier alpha value is -2.65. The predicted molar refractivity (Wildman–Crippen MR) is 120 cm³/mol. The number of para-hydroxylation sites is 1. The minimum absolute atomic E-state index is 0.00591. The summed E-state index contributed by atoms with van der Waals surface area (Å²) in [4.78, 5) is 13.8. The zero-order chi connectivity index (χ0) is 20.4. The fourth-order valence-electron chi connectivity index (χ4n) is 4.42. The Bertz CT molecular complexity index is 1040. The molecule has 146 valence electrons. The molecule has 0 spiro atoms. The average Bonchev–Trinajstić information content (AvgIpc) is 2.74. The van der Waals surface area contributed by atoms with Gasteiger partial charge in [-0.15, -0.1) is 0 Å². The molecule has 0 radical (unpaired) electrons. The van der Waals surface area contributed by atoms with Gasteiger partial charge in [-0.25, -0.2) is 0 Å². The van der Waals surface area contributed by atoms with Crippen LogP contribution in [0.4, 0.5) is 0 Å². The second-order valence-corrected chi connectivity index (χ2v) is 8.63. The van der Waals surface area contributed by atoms with Gasteiger partial charge in [-0.3, -0.25) is 4.79 Å². The lowest BCUT2D eigenvalue weighted by Gasteiger charge is -2.36. The number of allylic oxidation sites excluding steroid dienone is 2. The van der Waals surface area contributed by atoms with Crippen molar-refractivity contribution in [3.8, 4) is 5.75 Å². The van der Waals surface area contributed by atoms with E-state index in [9.17, 15) is 9.90 Å². The van der Waals surface area contributed by atoms with Gasteiger partial charge in [0, 0.05) is 16.3 Å². The van der Waals surface area contributed by atoms with Crippen molar-refractivity contribution in [1.29, 1.82) is 0 Å². The number of Topliss-reactive ketones (excluding diaryl/α,β-unsaturated/α-hetero) is 1. The highest BCUT2D eigenvalue weighted by Crippen LogP contribution is 2.47. The van der Waals surface area contributed by atoms with E-state index in [2.05, 4.69) is 53.2 Å². The Morgan fingerprint density at radius 1 is 0.897 bits per heavy atom. The number of ketones is 1. The van der Waals surface area contributed by atoms with E-state index in [0.717, 1.165) is 22.0 Å². The average molecular weight is 447 g/mol. The molecule has 0 amide bonds. The number of hydrogen-bond donors (Lipinski definition) is 1. The Morgan fingerprint density at radius 2 is 1.55 bits per heavy atom. The van der Waals surface area contributed by atoms with Crippen molar-refractivity contribution < 1.29 is 9.90 Å². The smallest absolute Gasteiger partial charge is 0.171 e. The molecule has 0 saturated carbocycles. The lowest BCUT2D eigenvalue weighted by molar-refractivity contribution is 0.0878. The van der Waals surface area contributed by atoms with Crippen LogP contribution >= 0.6 is 15.9 Å². The summed E-state index contributed by atoms with van der Waals surface area (Å²) in [5.41, 5.74) is 3.96. The molecule has 3 atom stereocenters. The fourth-order valence-corrected chi connectivity index (χ4v) is 4.69. The van der Waals surface area contributed by atoms with Crippen LogP contribution in [0.25, 0.3) is 0 Å². The molecule has 3 aromatic carbocycles. The van der Waals surface area contributed by atoms with Crippen molar-refractivity contribution in [3.05, 3.63) is 112 Å². The maximum atomic E-state index is 13.8. The zero-order valence-electron chi connectivity index (χ0n) is 16.3.